The van der Waals surface area contributed by atoms with E-state index in [2.05, 4.69) is 6.92 Å². The van der Waals surface area contributed by atoms with Crippen molar-refractivity contribution in [2.24, 2.45) is 0 Å². The Morgan fingerprint density at radius 1 is 1.10 bits per heavy atom. The topological polar surface area (TPSA) is 66.8 Å². The summed E-state index contributed by atoms with van der Waals surface area (Å²) >= 11 is 0. The number of aromatic hydroxyl groups is 1. The van der Waals surface area contributed by atoms with Gasteiger partial charge in [0.05, 0.1) is 0 Å². The number of aryl methyl sites for hydroxylation is 1. The minimum absolute atomic E-state index is 0.135. The molecule has 0 aliphatic heterocycles. The summed E-state index contributed by atoms with van der Waals surface area (Å²) in [6.45, 7) is 2.47. The summed E-state index contributed by atoms with van der Waals surface area (Å²) in [7, 11) is 0. The van der Waals surface area contributed by atoms with Crippen LogP contribution >= 0.6 is 0 Å². The highest BCUT2D eigenvalue weighted by Gasteiger charge is 2.10. The van der Waals surface area contributed by atoms with Crippen LogP contribution in [0.5, 0.6) is 11.5 Å². The normalized spacial score (nSPS) is 10.2. The van der Waals surface area contributed by atoms with Crippen LogP contribution in [0.2, 0.25) is 0 Å². The van der Waals surface area contributed by atoms with Crippen molar-refractivity contribution in [2.75, 3.05) is 0 Å². The summed E-state index contributed by atoms with van der Waals surface area (Å²) in [6, 6.07) is 12.2. The summed E-state index contributed by atoms with van der Waals surface area (Å²) in [6.07, 6.45) is 0.992. The number of hydrogen-bond acceptors (Lipinski definition) is 3. The Hall–Kier alpha value is -2.49. The Morgan fingerprint density at radius 2 is 1.75 bits per heavy atom. The molecule has 2 aromatic rings. The van der Waals surface area contributed by atoms with E-state index in [1.807, 2.05) is 24.3 Å². The van der Waals surface area contributed by atoms with Gasteiger partial charge in [0.2, 0.25) is 0 Å². The first-order valence-electron chi connectivity index (χ1n) is 6.37. The molecule has 4 heteroatoms. The van der Waals surface area contributed by atoms with E-state index < -0.39 is 5.97 Å². The van der Waals surface area contributed by atoms with E-state index in [9.17, 15) is 9.90 Å². The Morgan fingerprint density at radius 3 is 2.30 bits per heavy atom. The molecule has 0 bridgehead atoms. The van der Waals surface area contributed by atoms with Gasteiger partial charge in [0.15, 0.2) is 0 Å². The van der Waals surface area contributed by atoms with Crippen LogP contribution in [0.25, 0.3) is 0 Å². The summed E-state index contributed by atoms with van der Waals surface area (Å²) in [5.41, 5.74) is 2.14. The van der Waals surface area contributed by atoms with Gasteiger partial charge in [-0.15, -0.1) is 0 Å². The lowest BCUT2D eigenvalue weighted by atomic mass is 10.1. The molecule has 0 aliphatic rings. The third kappa shape index (κ3) is 3.29. The third-order valence-electron chi connectivity index (χ3n) is 3.04. The average molecular weight is 272 g/mol. The number of benzene rings is 2. The van der Waals surface area contributed by atoms with E-state index in [-0.39, 0.29) is 11.3 Å². The molecule has 2 N–H and O–H groups in total. The quantitative estimate of drug-likeness (QED) is 0.877. The highest BCUT2D eigenvalue weighted by atomic mass is 16.5. The molecule has 0 spiro atoms. The largest absolute Gasteiger partial charge is 0.507 e. The SMILES string of the molecule is CCc1ccc(COc2ccc(C(=O)O)c(O)c2)cc1. The van der Waals surface area contributed by atoms with Gasteiger partial charge in [0.25, 0.3) is 0 Å². The third-order valence-corrected chi connectivity index (χ3v) is 3.04. The van der Waals surface area contributed by atoms with Crippen LogP contribution in [0, 0.1) is 0 Å². The van der Waals surface area contributed by atoms with Gasteiger partial charge in [-0.1, -0.05) is 31.2 Å². The number of ether oxygens (including phenoxy) is 1. The van der Waals surface area contributed by atoms with Crippen LogP contribution in [0.15, 0.2) is 42.5 Å². The van der Waals surface area contributed by atoms with Gasteiger partial charge < -0.3 is 14.9 Å². The van der Waals surface area contributed by atoms with Crippen molar-refractivity contribution in [3.05, 3.63) is 59.2 Å². The standard InChI is InChI=1S/C16H16O4/c1-2-11-3-5-12(6-4-11)10-20-13-7-8-14(16(18)19)15(17)9-13/h3-9,17H,2,10H2,1H3,(H,18,19). The van der Waals surface area contributed by atoms with Crippen LogP contribution in [0.3, 0.4) is 0 Å². The lowest BCUT2D eigenvalue weighted by Crippen LogP contribution is -1.99. The fourth-order valence-electron chi connectivity index (χ4n) is 1.82. The van der Waals surface area contributed by atoms with Gasteiger partial charge in [0, 0.05) is 6.07 Å². The zero-order valence-corrected chi connectivity index (χ0v) is 11.2. The van der Waals surface area contributed by atoms with Crippen molar-refractivity contribution in [1.29, 1.82) is 0 Å². The van der Waals surface area contributed by atoms with Crippen molar-refractivity contribution < 1.29 is 19.7 Å². The fraction of sp³-hybridized carbons (Fsp3) is 0.188. The molecule has 0 amide bonds. The maximum absolute atomic E-state index is 10.8. The minimum Gasteiger partial charge on any atom is -0.507 e. The van der Waals surface area contributed by atoms with E-state index in [0.29, 0.717) is 12.4 Å². The first kappa shape index (κ1) is 13.9. The van der Waals surface area contributed by atoms with Crippen molar-refractivity contribution in [3.63, 3.8) is 0 Å². The van der Waals surface area contributed by atoms with Crippen molar-refractivity contribution in [1.82, 2.24) is 0 Å². The molecule has 0 heterocycles. The van der Waals surface area contributed by atoms with Gasteiger partial charge in [-0.25, -0.2) is 4.79 Å². The van der Waals surface area contributed by atoms with Gasteiger partial charge in [-0.05, 0) is 29.7 Å². The number of carbonyl (C=O) groups is 1. The van der Waals surface area contributed by atoms with Crippen LogP contribution in [0.4, 0.5) is 0 Å². The summed E-state index contributed by atoms with van der Waals surface area (Å²) in [5.74, 6) is -1.02. The molecule has 0 unspecified atom stereocenters. The number of aromatic carboxylic acids is 1. The van der Waals surface area contributed by atoms with E-state index >= 15 is 0 Å². The first-order chi connectivity index (χ1) is 9.60. The molecular weight excluding hydrogens is 256 g/mol. The molecule has 0 aromatic heterocycles. The summed E-state index contributed by atoms with van der Waals surface area (Å²) in [4.78, 5) is 10.8. The smallest absolute Gasteiger partial charge is 0.339 e. The van der Waals surface area contributed by atoms with Gasteiger partial charge in [0.1, 0.15) is 23.7 Å². The second kappa shape index (κ2) is 6.10. The number of hydrogen-bond donors (Lipinski definition) is 2. The number of carboxylic acids is 1. The average Bonchev–Trinajstić information content (AvgIpc) is 2.45. The minimum atomic E-state index is -1.16. The molecule has 0 saturated heterocycles. The highest BCUT2D eigenvalue weighted by Crippen LogP contribution is 2.24. The van der Waals surface area contributed by atoms with E-state index in [1.165, 1.54) is 23.8 Å². The number of carboxylic acid groups (broad SMARTS) is 1. The number of phenols is 1. The lowest BCUT2D eigenvalue weighted by molar-refractivity contribution is 0.0693. The molecule has 0 aliphatic carbocycles. The maximum atomic E-state index is 10.8. The lowest BCUT2D eigenvalue weighted by Gasteiger charge is -2.08. The molecule has 2 aromatic carbocycles. The summed E-state index contributed by atoms with van der Waals surface area (Å²) < 4.78 is 5.53. The van der Waals surface area contributed by atoms with Gasteiger partial charge >= 0.3 is 5.97 Å². The molecule has 0 saturated carbocycles. The predicted octanol–water partition coefficient (Wildman–Crippen LogP) is 3.23. The second-order valence-electron chi connectivity index (χ2n) is 4.44. The van der Waals surface area contributed by atoms with E-state index in [1.54, 1.807) is 0 Å². The molecular formula is C16H16O4. The predicted molar refractivity (Wildman–Crippen MR) is 75.2 cm³/mol. The fourth-order valence-corrected chi connectivity index (χ4v) is 1.82. The molecule has 0 fully saturated rings. The molecule has 0 radical (unpaired) electrons. The Labute approximate surface area is 117 Å². The molecule has 4 nitrogen and oxygen atoms in total. The van der Waals surface area contributed by atoms with Crippen LogP contribution in [0.1, 0.15) is 28.4 Å². The van der Waals surface area contributed by atoms with Crippen LogP contribution in [-0.4, -0.2) is 16.2 Å². The first-order valence-corrected chi connectivity index (χ1v) is 6.37. The Balaban J connectivity index is 2.03. The monoisotopic (exact) mass is 272 g/mol. The van der Waals surface area contributed by atoms with Crippen molar-refractivity contribution >= 4 is 5.97 Å². The summed E-state index contributed by atoms with van der Waals surface area (Å²) in [5, 5.41) is 18.4. The van der Waals surface area contributed by atoms with Crippen LogP contribution in [-0.2, 0) is 13.0 Å². The highest BCUT2D eigenvalue weighted by molar-refractivity contribution is 5.90. The molecule has 20 heavy (non-hydrogen) atoms. The second-order valence-corrected chi connectivity index (χ2v) is 4.44. The van der Waals surface area contributed by atoms with Crippen LogP contribution < -0.4 is 4.74 Å². The van der Waals surface area contributed by atoms with E-state index in [4.69, 9.17) is 9.84 Å². The van der Waals surface area contributed by atoms with Gasteiger partial charge in [-0.2, -0.15) is 0 Å². The zero-order chi connectivity index (χ0) is 14.5. The zero-order valence-electron chi connectivity index (χ0n) is 11.2. The molecule has 104 valence electrons. The molecule has 2 rings (SSSR count). The maximum Gasteiger partial charge on any atom is 0.339 e. The Bertz CT molecular complexity index is 602. The van der Waals surface area contributed by atoms with Crippen molar-refractivity contribution in [3.8, 4) is 11.5 Å². The number of rotatable bonds is 5. The Kier molecular flexibility index (Phi) is 4.25. The van der Waals surface area contributed by atoms with E-state index in [0.717, 1.165) is 12.0 Å². The molecule has 0 atom stereocenters. The van der Waals surface area contributed by atoms with Gasteiger partial charge in [-0.3, -0.25) is 0 Å². The van der Waals surface area contributed by atoms with Crippen molar-refractivity contribution in [2.45, 2.75) is 20.0 Å².